The van der Waals surface area contributed by atoms with Gasteiger partial charge in [-0.15, -0.1) is 0 Å². The van der Waals surface area contributed by atoms with Crippen molar-refractivity contribution < 1.29 is 4.39 Å². The monoisotopic (exact) mass is 273 g/mol. The summed E-state index contributed by atoms with van der Waals surface area (Å²) in [4.78, 5) is 12.3. The molecule has 1 aromatic heterocycles. The second-order valence-electron chi connectivity index (χ2n) is 4.73. The van der Waals surface area contributed by atoms with Crippen molar-refractivity contribution in [2.24, 2.45) is 0 Å². The van der Waals surface area contributed by atoms with Crippen LogP contribution in [-0.4, -0.2) is 36.1 Å². The number of nitrogen functional groups attached to an aromatic ring is 1. The second kappa shape index (κ2) is 5.32. The maximum Gasteiger partial charge on any atom is 0.155 e. The van der Waals surface area contributed by atoms with Crippen molar-refractivity contribution in [3.8, 4) is 0 Å². The summed E-state index contributed by atoms with van der Waals surface area (Å²) >= 11 is 0. The summed E-state index contributed by atoms with van der Waals surface area (Å²) in [6, 6.07) is 6.86. The van der Waals surface area contributed by atoms with E-state index in [4.69, 9.17) is 5.73 Å². The van der Waals surface area contributed by atoms with Gasteiger partial charge in [0.15, 0.2) is 5.82 Å². The Morgan fingerprint density at radius 3 is 2.45 bits per heavy atom. The number of halogens is 1. The van der Waals surface area contributed by atoms with Crippen LogP contribution in [-0.2, 0) is 0 Å². The molecule has 20 heavy (non-hydrogen) atoms. The van der Waals surface area contributed by atoms with Gasteiger partial charge in [0.25, 0.3) is 0 Å². The van der Waals surface area contributed by atoms with E-state index in [1.807, 2.05) is 17.0 Å². The topological polar surface area (TPSA) is 58.3 Å². The molecular weight excluding hydrogens is 257 g/mol. The standard InChI is InChI=1S/C14H16FN5/c15-11-3-1-2-4-13(11)19-5-7-20(8-6-19)14-12(16)9-17-10-18-14/h1-4,9-10H,5-8,16H2. The molecule has 1 aliphatic rings. The highest BCUT2D eigenvalue weighted by Gasteiger charge is 2.21. The van der Waals surface area contributed by atoms with Crippen LogP contribution in [0.3, 0.4) is 0 Å². The van der Waals surface area contributed by atoms with Gasteiger partial charge in [-0.05, 0) is 12.1 Å². The fourth-order valence-corrected chi connectivity index (χ4v) is 2.47. The summed E-state index contributed by atoms with van der Waals surface area (Å²) in [6.45, 7) is 3.00. The number of nitrogens with two attached hydrogens (primary N) is 1. The van der Waals surface area contributed by atoms with E-state index in [-0.39, 0.29) is 5.82 Å². The Morgan fingerprint density at radius 1 is 1.05 bits per heavy atom. The van der Waals surface area contributed by atoms with Crippen molar-refractivity contribution in [2.75, 3.05) is 41.7 Å². The summed E-state index contributed by atoms with van der Waals surface area (Å²) in [5, 5.41) is 0. The molecule has 2 N–H and O–H groups in total. The average molecular weight is 273 g/mol. The number of piperazine rings is 1. The normalized spacial score (nSPS) is 15.4. The quantitative estimate of drug-likeness (QED) is 0.899. The SMILES string of the molecule is Nc1cncnc1N1CCN(c2ccccc2F)CC1. The molecule has 1 saturated heterocycles. The van der Waals surface area contributed by atoms with E-state index in [0.717, 1.165) is 32.0 Å². The third-order valence-electron chi connectivity index (χ3n) is 3.49. The first kappa shape index (κ1) is 12.7. The zero-order valence-corrected chi connectivity index (χ0v) is 11.0. The lowest BCUT2D eigenvalue weighted by molar-refractivity contribution is 0.596. The smallest absolute Gasteiger partial charge is 0.155 e. The van der Waals surface area contributed by atoms with E-state index in [1.54, 1.807) is 12.3 Å². The van der Waals surface area contributed by atoms with Crippen LogP contribution in [0.4, 0.5) is 21.6 Å². The Hall–Kier alpha value is -2.37. The Morgan fingerprint density at radius 2 is 1.75 bits per heavy atom. The highest BCUT2D eigenvalue weighted by molar-refractivity contribution is 5.62. The molecule has 0 bridgehead atoms. The van der Waals surface area contributed by atoms with Gasteiger partial charge in [-0.2, -0.15) is 0 Å². The van der Waals surface area contributed by atoms with Crippen molar-refractivity contribution >= 4 is 17.2 Å². The fourth-order valence-electron chi connectivity index (χ4n) is 2.47. The molecular formula is C14H16FN5. The van der Waals surface area contributed by atoms with Gasteiger partial charge in [0, 0.05) is 26.2 Å². The highest BCUT2D eigenvalue weighted by atomic mass is 19.1. The Bertz CT molecular complexity index is 542. The number of benzene rings is 1. The predicted octanol–water partition coefficient (Wildman–Crippen LogP) is 1.52. The van der Waals surface area contributed by atoms with E-state index in [1.165, 1.54) is 12.4 Å². The number of aromatic nitrogens is 2. The second-order valence-corrected chi connectivity index (χ2v) is 4.73. The van der Waals surface area contributed by atoms with Gasteiger partial charge < -0.3 is 15.5 Å². The van der Waals surface area contributed by atoms with Crippen LogP contribution in [0.1, 0.15) is 0 Å². The number of nitrogens with zero attached hydrogens (tertiary/aromatic N) is 4. The molecule has 6 heteroatoms. The molecule has 1 fully saturated rings. The van der Waals surface area contributed by atoms with Gasteiger partial charge in [-0.1, -0.05) is 12.1 Å². The molecule has 0 spiro atoms. The Labute approximate surface area is 116 Å². The van der Waals surface area contributed by atoms with Gasteiger partial charge in [-0.3, -0.25) is 0 Å². The van der Waals surface area contributed by atoms with Gasteiger partial charge >= 0.3 is 0 Å². The minimum Gasteiger partial charge on any atom is -0.394 e. The molecule has 1 aliphatic heterocycles. The molecule has 0 atom stereocenters. The first-order valence-corrected chi connectivity index (χ1v) is 6.55. The van der Waals surface area contributed by atoms with Crippen LogP contribution in [0.5, 0.6) is 0 Å². The zero-order chi connectivity index (χ0) is 13.9. The molecule has 2 aromatic rings. The fraction of sp³-hybridized carbons (Fsp3) is 0.286. The van der Waals surface area contributed by atoms with Crippen molar-refractivity contribution in [2.45, 2.75) is 0 Å². The molecule has 2 heterocycles. The molecule has 0 aliphatic carbocycles. The predicted molar refractivity (Wildman–Crippen MR) is 77.3 cm³/mol. The Kier molecular flexibility index (Phi) is 3.37. The number of rotatable bonds is 2. The summed E-state index contributed by atoms with van der Waals surface area (Å²) in [6.07, 6.45) is 3.10. The zero-order valence-electron chi connectivity index (χ0n) is 11.0. The maximum atomic E-state index is 13.8. The summed E-state index contributed by atoms with van der Waals surface area (Å²) < 4.78 is 13.8. The number of para-hydroxylation sites is 1. The molecule has 0 unspecified atom stereocenters. The minimum atomic E-state index is -0.178. The van der Waals surface area contributed by atoms with E-state index < -0.39 is 0 Å². The number of hydrogen-bond acceptors (Lipinski definition) is 5. The lowest BCUT2D eigenvalue weighted by Crippen LogP contribution is -2.47. The largest absolute Gasteiger partial charge is 0.394 e. The summed E-state index contributed by atoms with van der Waals surface area (Å²) in [5.41, 5.74) is 7.11. The van der Waals surface area contributed by atoms with Crippen LogP contribution in [0, 0.1) is 5.82 Å². The Balaban J connectivity index is 1.72. The number of hydrogen-bond donors (Lipinski definition) is 1. The van der Waals surface area contributed by atoms with E-state index in [9.17, 15) is 4.39 Å². The van der Waals surface area contributed by atoms with Crippen LogP contribution in [0.25, 0.3) is 0 Å². The molecule has 0 radical (unpaired) electrons. The minimum absolute atomic E-state index is 0.178. The maximum absolute atomic E-state index is 13.8. The molecule has 0 amide bonds. The van der Waals surface area contributed by atoms with Crippen molar-refractivity contribution in [1.82, 2.24) is 9.97 Å². The summed E-state index contributed by atoms with van der Waals surface area (Å²) in [5.74, 6) is 0.579. The molecule has 104 valence electrons. The highest BCUT2D eigenvalue weighted by Crippen LogP contribution is 2.23. The third-order valence-corrected chi connectivity index (χ3v) is 3.49. The van der Waals surface area contributed by atoms with Crippen LogP contribution in [0.15, 0.2) is 36.8 Å². The van der Waals surface area contributed by atoms with E-state index >= 15 is 0 Å². The lowest BCUT2D eigenvalue weighted by atomic mass is 10.2. The third kappa shape index (κ3) is 2.36. The lowest BCUT2D eigenvalue weighted by Gasteiger charge is -2.37. The first-order valence-electron chi connectivity index (χ1n) is 6.55. The van der Waals surface area contributed by atoms with Crippen molar-refractivity contribution in [1.29, 1.82) is 0 Å². The molecule has 1 aromatic carbocycles. The van der Waals surface area contributed by atoms with Crippen LogP contribution in [0.2, 0.25) is 0 Å². The summed E-state index contributed by atoms with van der Waals surface area (Å²) in [7, 11) is 0. The van der Waals surface area contributed by atoms with Crippen molar-refractivity contribution in [3.05, 3.63) is 42.6 Å². The molecule has 0 saturated carbocycles. The molecule has 5 nitrogen and oxygen atoms in total. The number of anilines is 3. The van der Waals surface area contributed by atoms with E-state index in [2.05, 4.69) is 14.9 Å². The van der Waals surface area contributed by atoms with Crippen molar-refractivity contribution in [3.63, 3.8) is 0 Å². The van der Waals surface area contributed by atoms with Crippen LogP contribution < -0.4 is 15.5 Å². The first-order chi connectivity index (χ1) is 9.75. The van der Waals surface area contributed by atoms with Crippen LogP contribution >= 0.6 is 0 Å². The van der Waals surface area contributed by atoms with E-state index in [0.29, 0.717) is 11.4 Å². The van der Waals surface area contributed by atoms with Gasteiger partial charge in [-0.25, -0.2) is 14.4 Å². The van der Waals surface area contributed by atoms with Gasteiger partial charge in [0.2, 0.25) is 0 Å². The van der Waals surface area contributed by atoms with Gasteiger partial charge in [0.1, 0.15) is 12.1 Å². The molecule has 3 rings (SSSR count). The average Bonchev–Trinajstić information content (AvgIpc) is 2.49. The van der Waals surface area contributed by atoms with Gasteiger partial charge in [0.05, 0.1) is 17.6 Å².